The van der Waals surface area contributed by atoms with Crippen LogP contribution in [0.25, 0.3) is 11.4 Å². The molecule has 6 heteroatoms. The zero-order chi connectivity index (χ0) is 14.5. The van der Waals surface area contributed by atoms with Gasteiger partial charge in [0.15, 0.2) is 0 Å². The van der Waals surface area contributed by atoms with E-state index in [0.29, 0.717) is 36.2 Å². The van der Waals surface area contributed by atoms with Crippen LogP contribution in [0, 0.1) is 11.7 Å². The Bertz CT molecular complexity index is 573. The minimum Gasteiger partial charge on any atom is -0.339 e. The van der Waals surface area contributed by atoms with Crippen LogP contribution >= 0.6 is 15.9 Å². The number of benzene rings is 1. The molecule has 0 saturated carbocycles. The van der Waals surface area contributed by atoms with Gasteiger partial charge in [0.1, 0.15) is 5.82 Å². The van der Waals surface area contributed by atoms with Crippen molar-refractivity contribution in [1.82, 2.24) is 10.1 Å². The Morgan fingerprint density at radius 3 is 2.95 bits per heavy atom. The van der Waals surface area contributed by atoms with Gasteiger partial charge in [0.2, 0.25) is 11.7 Å². The first kappa shape index (κ1) is 15.1. The fourth-order valence-corrected chi connectivity index (χ4v) is 2.36. The van der Waals surface area contributed by atoms with Gasteiger partial charge in [-0.1, -0.05) is 28.0 Å². The van der Waals surface area contributed by atoms with E-state index in [2.05, 4.69) is 33.0 Å². The maximum atomic E-state index is 13.3. The van der Waals surface area contributed by atoms with E-state index in [-0.39, 0.29) is 5.82 Å². The van der Waals surface area contributed by atoms with Crippen LogP contribution in [0.4, 0.5) is 4.39 Å². The Balaban J connectivity index is 2.07. The van der Waals surface area contributed by atoms with Crippen molar-refractivity contribution in [3.05, 3.63) is 34.4 Å². The molecule has 0 aliphatic carbocycles. The fraction of sp³-hybridized carbons (Fsp3) is 0.429. The molecule has 0 radical (unpaired) electrons. The molecule has 1 atom stereocenters. The standard InChI is InChI=1S/C14H17BrFN3O/c1-9(6-7-17)2-5-13-18-14(19-20-13)11-8-10(16)3-4-12(11)15/h3-4,8-9H,2,5-7,17H2,1H3. The Labute approximate surface area is 125 Å². The van der Waals surface area contributed by atoms with Crippen molar-refractivity contribution in [2.45, 2.75) is 26.2 Å². The summed E-state index contributed by atoms with van der Waals surface area (Å²) in [5, 5.41) is 3.90. The second-order valence-corrected chi connectivity index (χ2v) is 5.71. The average molecular weight is 342 g/mol. The fourth-order valence-electron chi connectivity index (χ4n) is 1.93. The largest absolute Gasteiger partial charge is 0.339 e. The minimum atomic E-state index is -0.328. The van der Waals surface area contributed by atoms with Gasteiger partial charge in [-0.25, -0.2) is 4.39 Å². The molecule has 1 unspecified atom stereocenters. The van der Waals surface area contributed by atoms with Crippen LogP contribution in [0.2, 0.25) is 0 Å². The first-order valence-corrected chi connectivity index (χ1v) is 7.37. The average Bonchev–Trinajstić information content (AvgIpc) is 2.88. The molecule has 0 aliphatic heterocycles. The normalized spacial score (nSPS) is 12.6. The van der Waals surface area contributed by atoms with Crippen molar-refractivity contribution in [2.75, 3.05) is 6.54 Å². The summed E-state index contributed by atoms with van der Waals surface area (Å²) in [5.41, 5.74) is 6.11. The summed E-state index contributed by atoms with van der Waals surface area (Å²) in [4.78, 5) is 4.31. The van der Waals surface area contributed by atoms with Crippen molar-refractivity contribution in [1.29, 1.82) is 0 Å². The third-order valence-electron chi connectivity index (χ3n) is 3.15. The van der Waals surface area contributed by atoms with E-state index in [4.69, 9.17) is 10.3 Å². The van der Waals surface area contributed by atoms with E-state index in [0.717, 1.165) is 17.3 Å². The summed E-state index contributed by atoms with van der Waals surface area (Å²) in [7, 11) is 0. The molecule has 2 aromatic rings. The van der Waals surface area contributed by atoms with E-state index in [1.165, 1.54) is 12.1 Å². The number of nitrogens with zero attached hydrogens (tertiary/aromatic N) is 2. The van der Waals surface area contributed by atoms with Gasteiger partial charge < -0.3 is 10.3 Å². The number of hydrogen-bond donors (Lipinski definition) is 1. The molecule has 1 heterocycles. The van der Waals surface area contributed by atoms with Gasteiger partial charge in [-0.3, -0.25) is 0 Å². The SMILES string of the molecule is CC(CCN)CCc1nc(-c2cc(F)ccc2Br)no1. The van der Waals surface area contributed by atoms with E-state index in [9.17, 15) is 4.39 Å². The van der Waals surface area contributed by atoms with E-state index in [1.807, 2.05) is 0 Å². The van der Waals surface area contributed by atoms with Gasteiger partial charge in [0.05, 0.1) is 0 Å². The summed E-state index contributed by atoms with van der Waals surface area (Å²) in [6.07, 6.45) is 2.64. The molecule has 2 rings (SSSR count). The lowest BCUT2D eigenvalue weighted by Gasteiger charge is -2.06. The number of halogens is 2. The van der Waals surface area contributed by atoms with Gasteiger partial charge in [-0.2, -0.15) is 4.98 Å². The smallest absolute Gasteiger partial charge is 0.226 e. The van der Waals surface area contributed by atoms with Gasteiger partial charge in [0, 0.05) is 16.5 Å². The van der Waals surface area contributed by atoms with Crippen LogP contribution in [0.1, 0.15) is 25.7 Å². The van der Waals surface area contributed by atoms with E-state index in [1.54, 1.807) is 6.07 Å². The number of hydrogen-bond acceptors (Lipinski definition) is 4. The van der Waals surface area contributed by atoms with Gasteiger partial charge in [0.25, 0.3) is 0 Å². The molecule has 108 valence electrons. The molecule has 2 N–H and O–H groups in total. The first-order chi connectivity index (χ1) is 9.60. The van der Waals surface area contributed by atoms with Crippen LogP contribution in [0.5, 0.6) is 0 Å². The maximum Gasteiger partial charge on any atom is 0.226 e. The lowest BCUT2D eigenvalue weighted by atomic mass is 10.0. The monoisotopic (exact) mass is 341 g/mol. The zero-order valence-electron chi connectivity index (χ0n) is 11.3. The van der Waals surface area contributed by atoms with Crippen LogP contribution in [0.15, 0.2) is 27.2 Å². The highest BCUT2D eigenvalue weighted by Gasteiger charge is 2.13. The van der Waals surface area contributed by atoms with Crippen LogP contribution in [-0.2, 0) is 6.42 Å². The second kappa shape index (κ2) is 6.95. The molecular weight excluding hydrogens is 325 g/mol. The van der Waals surface area contributed by atoms with Gasteiger partial charge in [-0.15, -0.1) is 0 Å². The predicted octanol–water partition coefficient (Wildman–Crippen LogP) is 3.56. The van der Waals surface area contributed by atoms with Crippen molar-refractivity contribution < 1.29 is 8.91 Å². The van der Waals surface area contributed by atoms with Gasteiger partial charge >= 0.3 is 0 Å². The molecule has 4 nitrogen and oxygen atoms in total. The predicted molar refractivity (Wildman–Crippen MR) is 78.5 cm³/mol. The molecule has 0 saturated heterocycles. The molecule has 1 aromatic heterocycles. The highest BCUT2D eigenvalue weighted by Crippen LogP contribution is 2.27. The van der Waals surface area contributed by atoms with Crippen LogP contribution < -0.4 is 5.73 Å². The van der Waals surface area contributed by atoms with Crippen molar-refractivity contribution in [3.8, 4) is 11.4 Å². The maximum absolute atomic E-state index is 13.3. The lowest BCUT2D eigenvalue weighted by molar-refractivity contribution is 0.362. The molecule has 0 aliphatic rings. The quantitative estimate of drug-likeness (QED) is 0.872. The molecule has 0 amide bonds. The molecule has 20 heavy (non-hydrogen) atoms. The summed E-state index contributed by atoms with van der Waals surface area (Å²) >= 11 is 3.36. The molecule has 0 spiro atoms. The van der Waals surface area contributed by atoms with E-state index >= 15 is 0 Å². The van der Waals surface area contributed by atoms with Gasteiger partial charge in [-0.05, 0) is 43.5 Å². The van der Waals surface area contributed by atoms with Crippen LogP contribution in [-0.4, -0.2) is 16.7 Å². The third kappa shape index (κ3) is 3.86. The number of aryl methyl sites for hydroxylation is 1. The van der Waals surface area contributed by atoms with Crippen molar-refractivity contribution in [3.63, 3.8) is 0 Å². The summed E-state index contributed by atoms with van der Waals surface area (Å²) < 4.78 is 19.2. The Morgan fingerprint density at radius 1 is 1.40 bits per heavy atom. The summed E-state index contributed by atoms with van der Waals surface area (Å²) in [6, 6.07) is 4.39. The molecule has 0 fully saturated rings. The first-order valence-electron chi connectivity index (χ1n) is 6.58. The van der Waals surface area contributed by atoms with Crippen molar-refractivity contribution in [2.24, 2.45) is 11.7 Å². The zero-order valence-corrected chi connectivity index (χ0v) is 12.9. The molecule has 1 aromatic carbocycles. The highest BCUT2D eigenvalue weighted by atomic mass is 79.9. The summed E-state index contributed by atoms with van der Waals surface area (Å²) in [5.74, 6) is 1.17. The van der Waals surface area contributed by atoms with Crippen LogP contribution in [0.3, 0.4) is 0 Å². The Kier molecular flexibility index (Phi) is 5.25. The Morgan fingerprint density at radius 2 is 2.20 bits per heavy atom. The Hall–Kier alpha value is -1.27. The highest BCUT2D eigenvalue weighted by molar-refractivity contribution is 9.10. The number of rotatable bonds is 6. The van der Waals surface area contributed by atoms with Crippen molar-refractivity contribution >= 4 is 15.9 Å². The van der Waals surface area contributed by atoms with E-state index < -0.39 is 0 Å². The lowest BCUT2D eigenvalue weighted by Crippen LogP contribution is -2.06. The molecule has 0 bridgehead atoms. The number of aromatic nitrogens is 2. The molecular formula is C14H17BrFN3O. The number of nitrogens with two attached hydrogens (primary N) is 1. The third-order valence-corrected chi connectivity index (χ3v) is 3.84. The summed E-state index contributed by atoms with van der Waals surface area (Å²) in [6.45, 7) is 2.83. The second-order valence-electron chi connectivity index (χ2n) is 4.86. The topological polar surface area (TPSA) is 64.9 Å². The minimum absolute atomic E-state index is 0.328.